The van der Waals surface area contributed by atoms with Crippen molar-refractivity contribution in [2.24, 2.45) is 5.92 Å². The summed E-state index contributed by atoms with van der Waals surface area (Å²) in [6.07, 6.45) is 9.43. The molecule has 2 aliphatic heterocycles. The molecule has 2 heterocycles. The molecule has 1 aromatic carbocycles. The largest absolute Gasteiger partial charge is 0.493 e. The molecule has 0 saturated heterocycles. The van der Waals surface area contributed by atoms with E-state index in [2.05, 4.69) is 43.2 Å². The van der Waals surface area contributed by atoms with Gasteiger partial charge in [0.05, 0.1) is 7.11 Å². The van der Waals surface area contributed by atoms with Crippen molar-refractivity contribution in [2.75, 3.05) is 20.7 Å². The second-order valence-corrected chi connectivity index (χ2v) is 6.70. The molecule has 0 fully saturated rings. The summed E-state index contributed by atoms with van der Waals surface area (Å²) in [6.45, 7) is 4.40. The summed E-state index contributed by atoms with van der Waals surface area (Å²) in [5, 5.41) is 0. The third-order valence-electron chi connectivity index (χ3n) is 4.71. The van der Waals surface area contributed by atoms with E-state index in [-0.39, 0.29) is 6.10 Å². The Hall–Kier alpha value is -1.48. The zero-order valence-corrected chi connectivity index (χ0v) is 14.0. The van der Waals surface area contributed by atoms with Crippen molar-refractivity contribution in [3.05, 3.63) is 35.4 Å². The van der Waals surface area contributed by atoms with Gasteiger partial charge in [-0.1, -0.05) is 25.1 Å². The van der Waals surface area contributed by atoms with Crippen LogP contribution in [-0.4, -0.2) is 31.7 Å². The second kappa shape index (κ2) is 6.74. The van der Waals surface area contributed by atoms with Crippen LogP contribution in [0.3, 0.4) is 0 Å². The quantitative estimate of drug-likeness (QED) is 0.736. The van der Waals surface area contributed by atoms with Crippen molar-refractivity contribution < 1.29 is 9.47 Å². The number of benzene rings is 1. The Balaban J connectivity index is 1.92. The average molecular weight is 301 g/mol. The molecule has 0 radical (unpaired) electrons. The van der Waals surface area contributed by atoms with Gasteiger partial charge in [0.15, 0.2) is 11.5 Å². The summed E-state index contributed by atoms with van der Waals surface area (Å²) >= 11 is 0. The number of methoxy groups -OCH3 is 1. The molecule has 3 nitrogen and oxygen atoms in total. The number of rotatable bonds is 1. The van der Waals surface area contributed by atoms with Gasteiger partial charge in [-0.05, 0) is 50.4 Å². The van der Waals surface area contributed by atoms with Crippen LogP contribution in [0.5, 0.6) is 11.5 Å². The maximum absolute atomic E-state index is 6.24. The highest BCUT2D eigenvalue weighted by atomic mass is 16.5. The standard InChI is InChI=1S/C19H27NO2/c1-14-7-5-4-6-10-20(2)13-15-8-9-18(21-3)19-17(15)12-16(11-14)22-19/h5,7-9,14,16H,4,6,10-13H2,1-3H3/b7-5-/t14-,16?/m0/s1. The first-order valence-electron chi connectivity index (χ1n) is 8.38. The summed E-state index contributed by atoms with van der Waals surface area (Å²) < 4.78 is 11.7. The summed E-state index contributed by atoms with van der Waals surface area (Å²) in [5.41, 5.74) is 2.74. The van der Waals surface area contributed by atoms with E-state index in [9.17, 15) is 0 Å². The van der Waals surface area contributed by atoms with Crippen LogP contribution in [0.15, 0.2) is 24.3 Å². The van der Waals surface area contributed by atoms with Gasteiger partial charge in [-0.3, -0.25) is 0 Å². The first-order chi connectivity index (χ1) is 10.7. The fraction of sp³-hybridized carbons (Fsp3) is 0.579. The van der Waals surface area contributed by atoms with E-state index in [1.807, 2.05) is 0 Å². The minimum Gasteiger partial charge on any atom is -0.493 e. The molecule has 0 aromatic heterocycles. The molecule has 2 aliphatic rings. The Labute approximate surface area is 133 Å². The summed E-state index contributed by atoms with van der Waals surface area (Å²) in [4.78, 5) is 2.41. The molecule has 0 aliphatic carbocycles. The minimum absolute atomic E-state index is 0.274. The van der Waals surface area contributed by atoms with Crippen molar-refractivity contribution >= 4 is 0 Å². The predicted molar refractivity (Wildman–Crippen MR) is 89.6 cm³/mol. The lowest BCUT2D eigenvalue weighted by molar-refractivity contribution is 0.201. The monoisotopic (exact) mass is 301 g/mol. The summed E-state index contributed by atoms with van der Waals surface area (Å²) in [7, 11) is 3.93. The first kappa shape index (κ1) is 15.4. The molecule has 1 unspecified atom stereocenters. The first-order valence-corrected chi connectivity index (χ1v) is 8.38. The van der Waals surface area contributed by atoms with Crippen LogP contribution in [0, 0.1) is 5.92 Å². The molecule has 0 saturated carbocycles. The van der Waals surface area contributed by atoms with Crippen LogP contribution < -0.4 is 9.47 Å². The van der Waals surface area contributed by atoms with Crippen molar-refractivity contribution in [3.8, 4) is 11.5 Å². The minimum atomic E-state index is 0.274. The summed E-state index contributed by atoms with van der Waals surface area (Å²) in [6, 6.07) is 4.26. The highest BCUT2D eigenvalue weighted by Gasteiger charge is 2.29. The molecule has 0 N–H and O–H groups in total. The van der Waals surface area contributed by atoms with Crippen LogP contribution in [0.2, 0.25) is 0 Å². The second-order valence-electron chi connectivity index (χ2n) is 6.70. The molecular weight excluding hydrogens is 274 g/mol. The molecule has 1 aromatic rings. The molecule has 3 rings (SSSR count). The van der Waals surface area contributed by atoms with E-state index in [0.29, 0.717) is 5.92 Å². The van der Waals surface area contributed by atoms with Gasteiger partial charge in [0.2, 0.25) is 0 Å². The zero-order chi connectivity index (χ0) is 15.5. The summed E-state index contributed by atoms with van der Waals surface area (Å²) in [5.74, 6) is 2.41. The average Bonchev–Trinajstić information content (AvgIpc) is 2.90. The lowest BCUT2D eigenvalue weighted by atomic mass is 9.97. The molecule has 3 heteroatoms. The third-order valence-corrected chi connectivity index (χ3v) is 4.71. The lowest BCUT2D eigenvalue weighted by Gasteiger charge is -2.19. The van der Waals surface area contributed by atoms with E-state index >= 15 is 0 Å². The normalized spacial score (nSPS) is 27.2. The third kappa shape index (κ3) is 3.30. The number of ether oxygens (including phenoxy) is 2. The van der Waals surface area contributed by atoms with Crippen LogP contribution in [0.1, 0.15) is 37.3 Å². The fourth-order valence-corrected chi connectivity index (χ4v) is 3.55. The van der Waals surface area contributed by atoms with Crippen molar-refractivity contribution in [1.29, 1.82) is 0 Å². The SMILES string of the molecule is COc1ccc2c3c1OC(C3)C[C@@H](C)/C=C\CCCN(C)C2. The number of hydrogen-bond acceptors (Lipinski definition) is 3. The van der Waals surface area contributed by atoms with E-state index in [0.717, 1.165) is 37.4 Å². The van der Waals surface area contributed by atoms with Crippen molar-refractivity contribution in [2.45, 2.75) is 45.3 Å². The fourth-order valence-electron chi connectivity index (χ4n) is 3.55. The van der Waals surface area contributed by atoms with Crippen LogP contribution in [0.4, 0.5) is 0 Å². The van der Waals surface area contributed by atoms with Gasteiger partial charge in [0, 0.05) is 18.5 Å². The Morgan fingerprint density at radius 2 is 2.18 bits per heavy atom. The molecule has 2 bridgehead atoms. The Morgan fingerprint density at radius 3 is 3.00 bits per heavy atom. The van der Waals surface area contributed by atoms with Gasteiger partial charge in [-0.2, -0.15) is 0 Å². The molecule has 0 spiro atoms. The molecule has 0 amide bonds. The molecule has 2 atom stereocenters. The van der Waals surface area contributed by atoms with Crippen molar-refractivity contribution in [1.82, 2.24) is 4.90 Å². The zero-order valence-electron chi connectivity index (χ0n) is 14.0. The predicted octanol–water partition coefficient (Wildman–Crippen LogP) is 3.81. The van der Waals surface area contributed by atoms with Gasteiger partial charge in [0.25, 0.3) is 0 Å². The van der Waals surface area contributed by atoms with E-state index in [1.54, 1.807) is 7.11 Å². The highest BCUT2D eigenvalue weighted by Crippen LogP contribution is 2.41. The molecule has 22 heavy (non-hydrogen) atoms. The Morgan fingerprint density at radius 1 is 1.32 bits per heavy atom. The van der Waals surface area contributed by atoms with Crippen LogP contribution in [0.25, 0.3) is 0 Å². The maximum atomic E-state index is 6.24. The van der Waals surface area contributed by atoms with E-state index < -0.39 is 0 Å². The van der Waals surface area contributed by atoms with Gasteiger partial charge < -0.3 is 14.4 Å². The maximum Gasteiger partial charge on any atom is 0.165 e. The Bertz CT molecular complexity index is 553. The number of fused-ring (bicyclic) bond motifs is 1. The van der Waals surface area contributed by atoms with Gasteiger partial charge in [0.1, 0.15) is 6.10 Å². The van der Waals surface area contributed by atoms with E-state index in [4.69, 9.17) is 9.47 Å². The van der Waals surface area contributed by atoms with Crippen LogP contribution in [-0.2, 0) is 13.0 Å². The van der Waals surface area contributed by atoms with Gasteiger partial charge in [-0.25, -0.2) is 0 Å². The number of allylic oxidation sites excluding steroid dienone is 2. The van der Waals surface area contributed by atoms with Gasteiger partial charge >= 0.3 is 0 Å². The van der Waals surface area contributed by atoms with Crippen molar-refractivity contribution in [3.63, 3.8) is 0 Å². The lowest BCUT2D eigenvalue weighted by Crippen LogP contribution is -2.20. The smallest absolute Gasteiger partial charge is 0.165 e. The van der Waals surface area contributed by atoms with E-state index in [1.165, 1.54) is 24.0 Å². The number of nitrogens with zero attached hydrogens (tertiary/aromatic N) is 1. The Kier molecular flexibility index (Phi) is 4.72. The van der Waals surface area contributed by atoms with Crippen LogP contribution >= 0.6 is 0 Å². The topological polar surface area (TPSA) is 21.7 Å². The number of hydrogen-bond donors (Lipinski definition) is 0. The molecular formula is C19H27NO2. The van der Waals surface area contributed by atoms with Gasteiger partial charge in [-0.15, -0.1) is 0 Å². The molecule has 120 valence electrons. The highest BCUT2D eigenvalue weighted by molar-refractivity contribution is 5.53.